The van der Waals surface area contributed by atoms with Crippen LogP contribution in [0.15, 0.2) is 114 Å². The summed E-state index contributed by atoms with van der Waals surface area (Å²) in [5.41, 5.74) is 6.07. The fourth-order valence-electron chi connectivity index (χ4n) is 10.1. The van der Waals surface area contributed by atoms with Crippen LogP contribution in [0.25, 0.3) is 0 Å². The number of oxime groups is 1. The van der Waals surface area contributed by atoms with Gasteiger partial charge in [0.1, 0.15) is 30.8 Å². The molecule has 1 amide bonds. The van der Waals surface area contributed by atoms with E-state index in [0.717, 1.165) is 59.3 Å². The van der Waals surface area contributed by atoms with Gasteiger partial charge in [0, 0.05) is 43.4 Å². The number of aliphatic hydroxyl groups is 2. The lowest BCUT2D eigenvalue weighted by atomic mass is 9.55. The fraction of sp³-hybridized carbons (Fsp3) is 0.442. The fourth-order valence-corrected chi connectivity index (χ4v) is 10.1. The first-order valence-corrected chi connectivity index (χ1v) is 23.0. The van der Waals surface area contributed by atoms with Crippen molar-refractivity contribution in [3.05, 3.63) is 137 Å². The van der Waals surface area contributed by atoms with E-state index in [9.17, 15) is 15.0 Å². The Morgan fingerprint density at radius 1 is 0.923 bits per heavy atom. The second-order valence-electron chi connectivity index (χ2n) is 17.1. The Kier molecular flexibility index (Phi) is 15.0. The molecule has 1 fully saturated rings. The maximum Gasteiger partial charge on any atom is 0.410 e. The summed E-state index contributed by atoms with van der Waals surface area (Å²) < 4.78 is 38.3. The van der Waals surface area contributed by atoms with Gasteiger partial charge >= 0.3 is 6.09 Å². The standard InChI is InChI=1S/C52H61N3O10/c1-4-26-63-52-48(55(51(58)59-5-2)31-37-20-22-46-47(27-37)62-34-61-46)30-44(54-64-32-36-15-7-6-8-16-36)42-28-38(17-9-11-24-56)41(19-10-12-25-57)49(50(42)52)43-29-40(21-23-45(43)65-52)60-33-39-18-13-14-35(3)53-39/h4,6-8,13-16,18,20-23,27-29,38,41,48-50,56-57H,1,5,9-12,17,19,24-26,30-34H2,2-3H3/t38-,41+,48-,49+,50+,52+/m0/s1. The van der Waals surface area contributed by atoms with Gasteiger partial charge in [-0.15, -0.1) is 6.58 Å². The van der Waals surface area contributed by atoms with Crippen molar-refractivity contribution < 1.29 is 48.3 Å². The van der Waals surface area contributed by atoms with Crippen molar-refractivity contribution in [3.8, 4) is 23.0 Å². The van der Waals surface area contributed by atoms with Crippen LogP contribution in [0.4, 0.5) is 4.79 Å². The number of carbonyl (C=O) groups excluding carboxylic acids is 1. The number of fused-ring (bicyclic) bond motifs is 3. The number of ether oxygens (including phenoxy) is 6. The molecule has 0 unspecified atom stereocenters. The molecule has 6 atom stereocenters. The minimum atomic E-state index is -1.47. The SMILES string of the molecule is C=CCO[C@@]12Oc3ccc(OCc4cccc(C)n4)cc3[C@H]3[C@H](CCCCO)[C@@H](CCCCO)C=C(C(=NOCc4ccccc4)C[C@@H]1N(Cc1ccc4c(c1)OCO4)C(=O)OCC)[C@H]32. The highest BCUT2D eigenvalue weighted by Gasteiger charge is 2.65. The third kappa shape index (κ3) is 10.2. The smallest absolute Gasteiger partial charge is 0.410 e. The molecule has 0 bridgehead atoms. The molecule has 4 aromatic rings. The number of hydrogen-bond acceptors (Lipinski definition) is 12. The number of nitrogens with zero attached hydrogens (tertiary/aromatic N) is 3. The molecular formula is C52H61N3O10. The minimum absolute atomic E-state index is 0.0344. The Morgan fingerprint density at radius 3 is 2.51 bits per heavy atom. The highest BCUT2D eigenvalue weighted by molar-refractivity contribution is 6.03. The lowest BCUT2D eigenvalue weighted by Gasteiger charge is -2.59. The molecule has 0 radical (unpaired) electrons. The van der Waals surface area contributed by atoms with Gasteiger partial charge in [-0.1, -0.05) is 72.6 Å². The van der Waals surface area contributed by atoms with Crippen LogP contribution in [-0.2, 0) is 34.1 Å². The first-order chi connectivity index (χ1) is 31.8. The van der Waals surface area contributed by atoms with Gasteiger partial charge in [-0.05, 0) is 111 Å². The van der Waals surface area contributed by atoms with Crippen LogP contribution < -0.4 is 18.9 Å². The van der Waals surface area contributed by atoms with Crippen molar-refractivity contribution in [2.24, 2.45) is 22.9 Å². The van der Waals surface area contributed by atoms with E-state index in [1.807, 2.05) is 85.8 Å². The number of aryl methyl sites for hydroxylation is 1. The van der Waals surface area contributed by atoms with E-state index in [2.05, 4.69) is 23.7 Å². The Labute approximate surface area is 381 Å². The molecule has 13 nitrogen and oxygen atoms in total. The zero-order valence-electron chi connectivity index (χ0n) is 37.4. The van der Waals surface area contributed by atoms with Crippen LogP contribution in [0, 0.1) is 24.7 Å². The van der Waals surface area contributed by atoms with Crippen molar-refractivity contribution in [1.82, 2.24) is 9.88 Å². The van der Waals surface area contributed by atoms with E-state index in [-0.39, 0.29) is 77.2 Å². The molecule has 3 heterocycles. The summed E-state index contributed by atoms with van der Waals surface area (Å²) >= 11 is 0. The highest BCUT2D eigenvalue weighted by Crippen LogP contribution is 2.62. The van der Waals surface area contributed by atoms with Crippen LogP contribution >= 0.6 is 0 Å². The molecule has 2 N–H and O–H groups in total. The van der Waals surface area contributed by atoms with E-state index in [1.165, 1.54) is 0 Å². The molecule has 13 heteroatoms. The molecule has 2 aliphatic carbocycles. The van der Waals surface area contributed by atoms with Gasteiger partial charge in [-0.3, -0.25) is 9.88 Å². The summed E-state index contributed by atoms with van der Waals surface area (Å²) in [6, 6.07) is 26.6. The van der Waals surface area contributed by atoms with E-state index >= 15 is 0 Å². The molecule has 1 aromatic heterocycles. The molecule has 3 aromatic carbocycles. The number of hydrogen-bond donors (Lipinski definition) is 2. The summed E-state index contributed by atoms with van der Waals surface area (Å²) in [7, 11) is 0. The molecule has 8 rings (SSSR count). The number of rotatable bonds is 21. The molecule has 1 saturated carbocycles. The van der Waals surface area contributed by atoms with Crippen LogP contribution in [0.3, 0.4) is 0 Å². The number of pyridine rings is 1. The second-order valence-corrected chi connectivity index (χ2v) is 17.1. The average molecular weight is 888 g/mol. The second kappa shape index (κ2) is 21.4. The maximum absolute atomic E-state index is 14.6. The summed E-state index contributed by atoms with van der Waals surface area (Å²) in [4.78, 5) is 27.3. The summed E-state index contributed by atoms with van der Waals surface area (Å²) in [5.74, 6) is 0.394. The Bertz CT molecular complexity index is 2320. The topological polar surface area (TPSA) is 151 Å². The monoisotopic (exact) mass is 887 g/mol. The first-order valence-electron chi connectivity index (χ1n) is 23.0. The van der Waals surface area contributed by atoms with Crippen molar-refractivity contribution in [3.63, 3.8) is 0 Å². The highest BCUT2D eigenvalue weighted by atomic mass is 16.7. The lowest BCUT2D eigenvalue weighted by molar-refractivity contribution is -0.256. The van der Waals surface area contributed by atoms with Gasteiger partial charge in [-0.2, -0.15) is 0 Å². The molecule has 344 valence electrons. The summed E-state index contributed by atoms with van der Waals surface area (Å²) in [6.45, 7) is 9.04. The average Bonchev–Trinajstić information content (AvgIpc) is 3.79. The van der Waals surface area contributed by atoms with E-state index < -0.39 is 23.8 Å². The van der Waals surface area contributed by atoms with Crippen LogP contribution in [0.2, 0.25) is 0 Å². The largest absolute Gasteiger partial charge is 0.487 e. The molecule has 0 spiro atoms. The van der Waals surface area contributed by atoms with E-state index in [4.69, 9.17) is 38.4 Å². The number of aromatic nitrogens is 1. The Hall–Kier alpha value is -5.89. The number of benzene rings is 3. The molecule has 4 aliphatic rings. The number of unbranched alkanes of at least 4 members (excludes halogenated alkanes) is 2. The normalized spacial score (nSPS) is 23.1. The molecule has 65 heavy (non-hydrogen) atoms. The number of carbonyl (C=O) groups is 1. The minimum Gasteiger partial charge on any atom is -0.487 e. The predicted octanol–water partition coefficient (Wildman–Crippen LogP) is 9.19. The first kappa shape index (κ1) is 45.7. The lowest BCUT2D eigenvalue weighted by Crippen LogP contribution is -2.70. The molecule has 0 saturated heterocycles. The molecule has 2 aliphatic heterocycles. The summed E-state index contributed by atoms with van der Waals surface area (Å²) in [6.07, 6.45) is 8.26. The van der Waals surface area contributed by atoms with Gasteiger partial charge in [0.05, 0.1) is 30.5 Å². The zero-order chi connectivity index (χ0) is 45.2. The number of allylic oxidation sites excluding steroid dienone is 1. The van der Waals surface area contributed by atoms with Crippen LogP contribution in [0.1, 0.15) is 85.9 Å². The molecular weight excluding hydrogens is 827 g/mol. The van der Waals surface area contributed by atoms with Gasteiger partial charge in [0.15, 0.2) is 11.5 Å². The third-order valence-corrected chi connectivity index (χ3v) is 12.9. The van der Waals surface area contributed by atoms with Crippen LogP contribution in [-0.4, -0.2) is 77.0 Å². The summed E-state index contributed by atoms with van der Waals surface area (Å²) in [5, 5.41) is 25.0. The van der Waals surface area contributed by atoms with Crippen LogP contribution in [0.5, 0.6) is 23.0 Å². The van der Waals surface area contributed by atoms with Gasteiger partial charge in [0.25, 0.3) is 0 Å². The Balaban J connectivity index is 1.31. The Morgan fingerprint density at radius 2 is 1.72 bits per heavy atom. The van der Waals surface area contributed by atoms with E-state index in [1.54, 1.807) is 17.9 Å². The maximum atomic E-state index is 14.6. The quantitative estimate of drug-likeness (QED) is 0.0468. The van der Waals surface area contributed by atoms with Crippen molar-refractivity contribution in [2.75, 3.05) is 33.2 Å². The van der Waals surface area contributed by atoms with Gasteiger partial charge in [0.2, 0.25) is 12.6 Å². The van der Waals surface area contributed by atoms with Crippen molar-refractivity contribution >= 4 is 11.8 Å². The van der Waals surface area contributed by atoms with E-state index in [0.29, 0.717) is 41.6 Å². The third-order valence-electron chi connectivity index (χ3n) is 12.9. The zero-order valence-corrected chi connectivity index (χ0v) is 37.4. The number of amides is 1. The van der Waals surface area contributed by atoms with Crippen molar-refractivity contribution in [2.45, 2.75) is 96.3 Å². The predicted molar refractivity (Wildman–Crippen MR) is 245 cm³/mol. The van der Waals surface area contributed by atoms with Gasteiger partial charge < -0.3 is 43.5 Å². The van der Waals surface area contributed by atoms with Crippen molar-refractivity contribution in [1.29, 1.82) is 0 Å². The van der Waals surface area contributed by atoms with Gasteiger partial charge in [-0.25, -0.2) is 4.79 Å². The number of aliphatic hydroxyl groups excluding tert-OH is 2.